The number of fused-ring (bicyclic) bond motifs is 1. The number of nitrogen functional groups attached to an aromatic ring is 1. The molecule has 0 unspecified atom stereocenters. The van der Waals surface area contributed by atoms with Crippen LogP contribution in [0.15, 0.2) is 60.7 Å². The summed E-state index contributed by atoms with van der Waals surface area (Å²) in [7, 11) is 1.64. The molecule has 0 fully saturated rings. The van der Waals surface area contributed by atoms with Gasteiger partial charge in [0.05, 0.1) is 7.11 Å². The Hall–Kier alpha value is -2.68. The maximum absolute atomic E-state index is 5.97. The zero-order valence-electron chi connectivity index (χ0n) is 11.9. The highest BCUT2D eigenvalue weighted by Gasteiger charge is 2.06. The van der Waals surface area contributed by atoms with E-state index in [0.29, 0.717) is 12.3 Å². The highest BCUT2D eigenvalue weighted by Crippen LogP contribution is 2.28. The van der Waals surface area contributed by atoms with Crippen LogP contribution in [0.2, 0.25) is 0 Å². The van der Waals surface area contributed by atoms with Gasteiger partial charge in [0.1, 0.15) is 18.1 Å². The van der Waals surface area contributed by atoms with Crippen molar-refractivity contribution in [2.24, 2.45) is 0 Å². The second kappa shape index (κ2) is 5.75. The van der Waals surface area contributed by atoms with E-state index in [0.717, 1.165) is 22.4 Å². The number of hydrogen-bond acceptors (Lipinski definition) is 3. The molecular weight excluding hydrogens is 262 g/mol. The molecule has 3 rings (SSSR count). The summed E-state index contributed by atoms with van der Waals surface area (Å²) in [5.74, 6) is 1.61. The fourth-order valence-electron chi connectivity index (χ4n) is 2.36. The third kappa shape index (κ3) is 2.77. The highest BCUT2D eigenvalue weighted by atomic mass is 16.5. The molecule has 21 heavy (non-hydrogen) atoms. The van der Waals surface area contributed by atoms with Gasteiger partial charge >= 0.3 is 0 Å². The fraction of sp³-hybridized carbons (Fsp3) is 0.111. The summed E-state index contributed by atoms with van der Waals surface area (Å²) in [5, 5.41) is 2.27. The van der Waals surface area contributed by atoms with E-state index < -0.39 is 0 Å². The van der Waals surface area contributed by atoms with Crippen LogP contribution in [0.3, 0.4) is 0 Å². The molecule has 0 bridgehead atoms. The highest BCUT2D eigenvalue weighted by molar-refractivity contribution is 5.88. The third-order valence-corrected chi connectivity index (χ3v) is 3.44. The van der Waals surface area contributed by atoms with Crippen molar-refractivity contribution in [1.29, 1.82) is 0 Å². The van der Waals surface area contributed by atoms with Crippen LogP contribution in [0.1, 0.15) is 5.56 Å². The van der Waals surface area contributed by atoms with Gasteiger partial charge in [-0.25, -0.2) is 0 Å². The number of benzene rings is 3. The summed E-state index contributed by atoms with van der Waals surface area (Å²) in [6, 6.07) is 19.8. The van der Waals surface area contributed by atoms with Gasteiger partial charge in [-0.2, -0.15) is 0 Å². The summed E-state index contributed by atoms with van der Waals surface area (Å²) >= 11 is 0. The molecule has 0 saturated heterocycles. The van der Waals surface area contributed by atoms with Crippen LogP contribution in [-0.2, 0) is 6.61 Å². The lowest BCUT2D eigenvalue weighted by Gasteiger charge is -2.12. The van der Waals surface area contributed by atoms with Crippen LogP contribution in [0, 0.1) is 0 Å². The van der Waals surface area contributed by atoms with Crippen molar-refractivity contribution < 1.29 is 9.47 Å². The molecule has 3 nitrogen and oxygen atoms in total. The molecule has 3 aromatic carbocycles. The average molecular weight is 279 g/mol. The Bertz CT molecular complexity index is 763. The lowest BCUT2D eigenvalue weighted by molar-refractivity contribution is 0.300. The number of methoxy groups -OCH3 is 1. The summed E-state index contributed by atoms with van der Waals surface area (Å²) in [6.07, 6.45) is 0. The number of rotatable bonds is 4. The van der Waals surface area contributed by atoms with Gasteiger partial charge in [-0.3, -0.25) is 0 Å². The SMILES string of the molecule is COc1cc(N)ccc1COc1cccc2ccccc12. The minimum Gasteiger partial charge on any atom is -0.496 e. The van der Waals surface area contributed by atoms with Gasteiger partial charge in [-0.05, 0) is 23.6 Å². The minimum atomic E-state index is 0.442. The Kier molecular flexibility index (Phi) is 3.65. The topological polar surface area (TPSA) is 44.5 Å². The second-order valence-electron chi connectivity index (χ2n) is 4.84. The van der Waals surface area contributed by atoms with Crippen LogP contribution in [0.5, 0.6) is 11.5 Å². The Balaban J connectivity index is 1.87. The van der Waals surface area contributed by atoms with Crippen LogP contribution < -0.4 is 15.2 Å². The van der Waals surface area contributed by atoms with Gasteiger partial charge in [0.25, 0.3) is 0 Å². The molecule has 0 atom stereocenters. The van der Waals surface area contributed by atoms with Crippen molar-refractivity contribution in [3.8, 4) is 11.5 Å². The van der Waals surface area contributed by atoms with Gasteiger partial charge in [0.15, 0.2) is 0 Å². The monoisotopic (exact) mass is 279 g/mol. The quantitative estimate of drug-likeness (QED) is 0.734. The Morgan fingerprint density at radius 3 is 2.57 bits per heavy atom. The summed E-state index contributed by atoms with van der Waals surface area (Å²) in [6.45, 7) is 0.442. The number of nitrogens with two attached hydrogens (primary N) is 1. The van der Waals surface area contributed by atoms with Crippen molar-refractivity contribution in [3.05, 3.63) is 66.2 Å². The number of anilines is 1. The first kappa shape index (κ1) is 13.3. The molecule has 106 valence electrons. The van der Waals surface area contributed by atoms with E-state index in [1.54, 1.807) is 7.11 Å². The third-order valence-electron chi connectivity index (χ3n) is 3.44. The van der Waals surface area contributed by atoms with Gasteiger partial charge in [0.2, 0.25) is 0 Å². The van der Waals surface area contributed by atoms with Crippen molar-refractivity contribution in [2.45, 2.75) is 6.61 Å². The van der Waals surface area contributed by atoms with Gasteiger partial charge in [-0.15, -0.1) is 0 Å². The normalized spacial score (nSPS) is 10.5. The van der Waals surface area contributed by atoms with E-state index in [4.69, 9.17) is 15.2 Å². The van der Waals surface area contributed by atoms with Gasteiger partial charge in [-0.1, -0.05) is 36.4 Å². The van der Waals surface area contributed by atoms with E-state index in [1.807, 2.05) is 42.5 Å². The van der Waals surface area contributed by atoms with Crippen LogP contribution in [0.25, 0.3) is 10.8 Å². The molecular formula is C18H17NO2. The molecule has 3 heteroatoms. The first-order valence-electron chi connectivity index (χ1n) is 6.81. The van der Waals surface area contributed by atoms with E-state index in [-0.39, 0.29) is 0 Å². The summed E-state index contributed by atoms with van der Waals surface area (Å²) in [5.41, 5.74) is 7.42. The fourth-order valence-corrected chi connectivity index (χ4v) is 2.36. The standard InChI is InChI=1S/C18H17NO2/c1-20-18-11-15(19)10-9-14(18)12-21-17-8-4-6-13-5-2-3-7-16(13)17/h2-11H,12,19H2,1H3. The Labute approximate surface area is 123 Å². The van der Waals surface area contributed by atoms with E-state index in [1.165, 1.54) is 5.39 Å². The molecule has 0 spiro atoms. The largest absolute Gasteiger partial charge is 0.496 e. The average Bonchev–Trinajstić information content (AvgIpc) is 2.53. The molecule has 0 aliphatic heterocycles. The molecule has 3 aromatic rings. The first-order valence-corrected chi connectivity index (χ1v) is 6.81. The predicted molar refractivity (Wildman–Crippen MR) is 85.7 cm³/mol. The Morgan fingerprint density at radius 1 is 0.905 bits per heavy atom. The first-order chi connectivity index (χ1) is 10.3. The van der Waals surface area contributed by atoms with Crippen molar-refractivity contribution in [2.75, 3.05) is 12.8 Å². The van der Waals surface area contributed by atoms with Crippen molar-refractivity contribution >= 4 is 16.5 Å². The zero-order valence-corrected chi connectivity index (χ0v) is 11.9. The van der Waals surface area contributed by atoms with Crippen LogP contribution in [0.4, 0.5) is 5.69 Å². The molecule has 0 aliphatic rings. The smallest absolute Gasteiger partial charge is 0.127 e. The molecule has 0 radical (unpaired) electrons. The van der Waals surface area contributed by atoms with Gasteiger partial charge < -0.3 is 15.2 Å². The van der Waals surface area contributed by atoms with Crippen molar-refractivity contribution in [1.82, 2.24) is 0 Å². The second-order valence-corrected chi connectivity index (χ2v) is 4.84. The lowest BCUT2D eigenvalue weighted by Crippen LogP contribution is -2.00. The van der Waals surface area contributed by atoms with E-state index >= 15 is 0 Å². The molecule has 0 heterocycles. The summed E-state index contributed by atoms with van der Waals surface area (Å²) in [4.78, 5) is 0. The van der Waals surface area contributed by atoms with E-state index in [9.17, 15) is 0 Å². The predicted octanol–water partition coefficient (Wildman–Crippen LogP) is 4.01. The maximum Gasteiger partial charge on any atom is 0.127 e. The van der Waals surface area contributed by atoms with E-state index in [2.05, 4.69) is 18.2 Å². The number of hydrogen-bond donors (Lipinski definition) is 1. The molecule has 2 N–H and O–H groups in total. The molecule has 0 amide bonds. The minimum absolute atomic E-state index is 0.442. The van der Waals surface area contributed by atoms with Gasteiger partial charge in [0, 0.05) is 22.7 Å². The zero-order chi connectivity index (χ0) is 14.7. The number of ether oxygens (including phenoxy) is 2. The maximum atomic E-state index is 5.97. The molecule has 0 saturated carbocycles. The lowest BCUT2D eigenvalue weighted by atomic mass is 10.1. The Morgan fingerprint density at radius 2 is 1.71 bits per heavy atom. The van der Waals surface area contributed by atoms with Crippen molar-refractivity contribution in [3.63, 3.8) is 0 Å². The molecule has 0 aromatic heterocycles. The summed E-state index contributed by atoms with van der Waals surface area (Å²) < 4.78 is 11.3. The molecule has 0 aliphatic carbocycles. The van der Waals surface area contributed by atoms with Crippen LogP contribution in [-0.4, -0.2) is 7.11 Å². The van der Waals surface area contributed by atoms with Crippen LogP contribution >= 0.6 is 0 Å².